The van der Waals surface area contributed by atoms with Crippen LogP contribution in [0.5, 0.6) is 0 Å². The minimum Gasteiger partial charge on any atom is -0.369 e. The summed E-state index contributed by atoms with van der Waals surface area (Å²) in [6.45, 7) is 6.39. The van der Waals surface area contributed by atoms with Gasteiger partial charge < -0.3 is 4.90 Å². The Morgan fingerprint density at radius 3 is 2.59 bits per heavy atom. The van der Waals surface area contributed by atoms with Crippen molar-refractivity contribution >= 4 is 16.5 Å². The van der Waals surface area contributed by atoms with Crippen LogP contribution in [0, 0.1) is 0 Å². The average molecular weight is 383 g/mol. The number of rotatable bonds is 4. The van der Waals surface area contributed by atoms with Crippen molar-refractivity contribution in [3.8, 4) is 11.3 Å². The van der Waals surface area contributed by atoms with Gasteiger partial charge in [-0.15, -0.1) is 0 Å². The van der Waals surface area contributed by atoms with E-state index in [2.05, 4.69) is 99.7 Å². The summed E-state index contributed by atoms with van der Waals surface area (Å²) in [6.07, 6.45) is 1.99. The molecule has 0 spiro atoms. The van der Waals surface area contributed by atoms with Crippen LogP contribution in [0.1, 0.15) is 12.5 Å². The molecule has 3 aromatic carbocycles. The molecule has 1 aromatic heterocycles. The van der Waals surface area contributed by atoms with Crippen molar-refractivity contribution < 1.29 is 0 Å². The van der Waals surface area contributed by atoms with E-state index in [9.17, 15) is 0 Å². The minimum atomic E-state index is 0.485. The van der Waals surface area contributed by atoms with Crippen molar-refractivity contribution in [2.75, 3.05) is 24.5 Å². The molecule has 4 nitrogen and oxygen atoms in total. The van der Waals surface area contributed by atoms with Crippen molar-refractivity contribution in [3.05, 3.63) is 84.6 Å². The molecule has 0 aliphatic carbocycles. The van der Waals surface area contributed by atoms with E-state index in [1.807, 2.05) is 6.20 Å². The van der Waals surface area contributed by atoms with E-state index in [0.29, 0.717) is 6.04 Å². The molecule has 0 saturated carbocycles. The highest BCUT2D eigenvalue weighted by Gasteiger charge is 2.25. The molecule has 1 unspecified atom stereocenters. The van der Waals surface area contributed by atoms with Crippen LogP contribution in [0.4, 0.5) is 5.69 Å². The molecule has 4 aromatic rings. The second-order valence-corrected chi connectivity index (χ2v) is 7.90. The van der Waals surface area contributed by atoms with Crippen LogP contribution in [-0.4, -0.2) is 40.8 Å². The number of hydrogen-bond donors (Lipinski definition) is 1. The topological polar surface area (TPSA) is 35.2 Å². The molecule has 1 saturated heterocycles. The van der Waals surface area contributed by atoms with Gasteiger partial charge >= 0.3 is 0 Å². The van der Waals surface area contributed by atoms with Gasteiger partial charge in [-0.05, 0) is 29.8 Å². The third-order valence-electron chi connectivity index (χ3n) is 6.04. The molecule has 0 radical (unpaired) electrons. The van der Waals surface area contributed by atoms with E-state index in [1.54, 1.807) is 0 Å². The summed E-state index contributed by atoms with van der Waals surface area (Å²) >= 11 is 0. The number of hydrogen-bond acceptors (Lipinski definition) is 3. The Kier molecular flexibility index (Phi) is 4.78. The quantitative estimate of drug-likeness (QED) is 0.543. The Hall–Kier alpha value is -3.11. The number of piperazine rings is 1. The molecular weight excluding hydrogens is 356 g/mol. The highest BCUT2D eigenvalue weighted by atomic mass is 15.3. The van der Waals surface area contributed by atoms with Gasteiger partial charge in [0.15, 0.2) is 0 Å². The highest BCUT2D eigenvalue weighted by molar-refractivity contribution is 5.96. The van der Waals surface area contributed by atoms with Crippen LogP contribution in [0.2, 0.25) is 0 Å². The second-order valence-electron chi connectivity index (χ2n) is 7.90. The maximum absolute atomic E-state index is 4.40. The number of fused-ring (bicyclic) bond motifs is 1. The van der Waals surface area contributed by atoms with E-state index in [4.69, 9.17) is 0 Å². The normalized spacial score (nSPS) is 17.7. The fraction of sp³-hybridized carbons (Fsp3) is 0.240. The zero-order chi connectivity index (χ0) is 19.6. The molecule has 0 amide bonds. The summed E-state index contributed by atoms with van der Waals surface area (Å²) in [6, 6.07) is 26.3. The van der Waals surface area contributed by atoms with Crippen molar-refractivity contribution in [2.45, 2.75) is 19.5 Å². The Morgan fingerprint density at radius 1 is 0.931 bits per heavy atom. The summed E-state index contributed by atoms with van der Waals surface area (Å²) < 4.78 is 0. The number of nitrogens with one attached hydrogen (secondary N) is 1. The number of aromatic amines is 1. The minimum absolute atomic E-state index is 0.485. The Bertz CT molecular complexity index is 1100. The van der Waals surface area contributed by atoms with E-state index < -0.39 is 0 Å². The van der Waals surface area contributed by atoms with E-state index >= 15 is 0 Å². The summed E-state index contributed by atoms with van der Waals surface area (Å²) in [4.78, 5) is 5.06. The fourth-order valence-corrected chi connectivity index (χ4v) is 4.43. The zero-order valence-corrected chi connectivity index (χ0v) is 16.8. The van der Waals surface area contributed by atoms with Gasteiger partial charge in [-0.25, -0.2) is 0 Å². The van der Waals surface area contributed by atoms with Gasteiger partial charge in [-0.2, -0.15) is 5.10 Å². The second kappa shape index (κ2) is 7.72. The molecule has 1 aliphatic heterocycles. The Balaban J connectivity index is 1.37. The number of nitrogens with zero attached hydrogens (tertiary/aromatic N) is 3. The Labute approximate surface area is 171 Å². The van der Waals surface area contributed by atoms with Crippen molar-refractivity contribution in [2.24, 2.45) is 0 Å². The third kappa shape index (κ3) is 3.52. The maximum atomic E-state index is 4.40. The standard InChI is InChI=1S/C25H26N4/c1-19-17-29(22-10-3-2-4-11-22)15-14-28(19)18-21-16-26-27-25(21)24-13-7-9-20-8-5-6-12-23(20)24/h2-13,16,19H,14-15,17-18H2,1H3,(H,26,27). The smallest absolute Gasteiger partial charge is 0.0701 e. The maximum Gasteiger partial charge on any atom is 0.0701 e. The van der Waals surface area contributed by atoms with Crippen LogP contribution in [0.25, 0.3) is 22.0 Å². The van der Waals surface area contributed by atoms with Crippen LogP contribution < -0.4 is 4.90 Å². The zero-order valence-electron chi connectivity index (χ0n) is 16.8. The Morgan fingerprint density at radius 2 is 1.72 bits per heavy atom. The summed E-state index contributed by atoms with van der Waals surface area (Å²) in [5.41, 5.74) is 4.95. The lowest BCUT2D eigenvalue weighted by molar-refractivity contribution is 0.181. The lowest BCUT2D eigenvalue weighted by Gasteiger charge is -2.41. The molecule has 0 bridgehead atoms. The first-order valence-electron chi connectivity index (χ1n) is 10.3. The first-order valence-corrected chi connectivity index (χ1v) is 10.3. The molecular formula is C25H26N4. The highest BCUT2D eigenvalue weighted by Crippen LogP contribution is 2.30. The van der Waals surface area contributed by atoms with Crippen LogP contribution in [0.15, 0.2) is 79.0 Å². The van der Waals surface area contributed by atoms with E-state index in [1.165, 1.54) is 27.6 Å². The van der Waals surface area contributed by atoms with Gasteiger partial charge in [-0.1, -0.05) is 60.7 Å². The lowest BCUT2D eigenvalue weighted by Crippen LogP contribution is -2.51. The van der Waals surface area contributed by atoms with Crippen LogP contribution in [-0.2, 0) is 6.54 Å². The van der Waals surface area contributed by atoms with Gasteiger partial charge in [0.1, 0.15) is 0 Å². The SMILES string of the molecule is CC1CN(c2ccccc2)CCN1Cc1cn[nH]c1-c1cccc2ccccc12. The van der Waals surface area contributed by atoms with E-state index in [-0.39, 0.29) is 0 Å². The summed E-state index contributed by atoms with van der Waals surface area (Å²) in [5.74, 6) is 0. The van der Waals surface area contributed by atoms with Crippen molar-refractivity contribution in [1.29, 1.82) is 0 Å². The fourth-order valence-electron chi connectivity index (χ4n) is 4.43. The molecule has 1 N–H and O–H groups in total. The van der Waals surface area contributed by atoms with E-state index in [0.717, 1.165) is 31.9 Å². The number of benzene rings is 3. The molecule has 1 atom stereocenters. The van der Waals surface area contributed by atoms with Gasteiger partial charge in [0.05, 0.1) is 11.9 Å². The number of anilines is 1. The number of H-pyrrole nitrogens is 1. The number of aromatic nitrogens is 2. The van der Waals surface area contributed by atoms with Crippen LogP contribution in [0.3, 0.4) is 0 Å². The van der Waals surface area contributed by atoms with Gasteiger partial charge in [0, 0.05) is 49.0 Å². The number of para-hydroxylation sites is 1. The van der Waals surface area contributed by atoms with Crippen LogP contribution >= 0.6 is 0 Å². The van der Waals surface area contributed by atoms with Gasteiger partial charge in [-0.3, -0.25) is 10.00 Å². The predicted molar refractivity (Wildman–Crippen MR) is 120 cm³/mol. The molecule has 1 aliphatic rings. The first-order chi connectivity index (χ1) is 14.3. The summed E-state index contributed by atoms with van der Waals surface area (Å²) in [5, 5.41) is 10.2. The average Bonchev–Trinajstić information content (AvgIpc) is 3.23. The molecule has 29 heavy (non-hydrogen) atoms. The molecule has 5 rings (SSSR count). The molecule has 4 heteroatoms. The predicted octanol–water partition coefficient (Wildman–Crippen LogP) is 4.94. The first kappa shape index (κ1) is 18.0. The molecule has 146 valence electrons. The monoisotopic (exact) mass is 382 g/mol. The molecule has 1 fully saturated rings. The van der Waals surface area contributed by atoms with Crippen molar-refractivity contribution in [3.63, 3.8) is 0 Å². The third-order valence-corrected chi connectivity index (χ3v) is 6.04. The van der Waals surface area contributed by atoms with Gasteiger partial charge in [0.25, 0.3) is 0 Å². The molecule has 2 heterocycles. The largest absolute Gasteiger partial charge is 0.369 e. The lowest BCUT2D eigenvalue weighted by atomic mass is 9.99. The van der Waals surface area contributed by atoms with Crippen molar-refractivity contribution in [1.82, 2.24) is 15.1 Å². The van der Waals surface area contributed by atoms with Gasteiger partial charge in [0.2, 0.25) is 0 Å². The summed E-state index contributed by atoms with van der Waals surface area (Å²) in [7, 11) is 0.